The van der Waals surface area contributed by atoms with Crippen molar-refractivity contribution in [3.8, 4) is 5.69 Å². The topological polar surface area (TPSA) is 31.0 Å². The summed E-state index contributed by atoms with van der Waals surface area (Å²) in [6, 6.07) is 20.3. The Morgan fingerprint density at radius 1 is 0.905 bits per heavy atom. The molecule has 2 heterocycles. The molecular weight excluding hydrogens is 260 g/mol. The van der Waals surface area contributed by atoms with Crippen molar-refractivity contribution in [2.45, 2.75) is 6.42 Å². The number of nitrogens with zero attached hydrogens (tertiary/aromatic N) is 2. The van der Waals surface area contributed by atoms with Crippen LogP contribution >= 0.6 is 0 Å². The van der Waals surface area contributed by atoms with Crippen LogP contribution in [-0.2, 0) is 6.42 Å². The highest BCUT2D eigenvalue weighted by atomic mass is 16.3. The molecule has 0 radical (unpaired) electrons. The molecule has 3 nitrogen and oxygen atoms in total. The first-order chi connectivity index (χ1) is 10.4. The minimum absolute atomic E-state index is 0.717. The number of rotatable bonds is 3. The summed E-state index contributed by atoms with van der Waals surface area (Å²) in [6.45, 7) is 0. The minimum atomic E-state index is 0.717. The molecule has 0 unspecified atom stereocenters. The Morgan fingerprint density at radius 2 is 1.71 bits per heavy atom. The summed E-state index contributed by atoms with van der Waals surface area (Å²) in [5.41, 5.74) is 4.02. The summed E-state index contributed by atoms with van der Waals surface area (Å²) in [6.07, 6.45) is 4.76. The predicted octanol–water partition coefficient (Wildman–Crippen LogP) is 4.21. The van der Waals surface area contributed by atoms with E-state index >= 15 is 0 Å². The van der Waals surface area contributed by atoms with Gasteiger partial charge in [-0.15, -0.1) is 0 Å². The standard InChI is InChI=1S/C18H14N2O/c1-2-6-14(7-3-1)12-18-19-16-13-15(8-9-17(16)21-18)20-10-4-5-11-20/h1-11,13H,12H2. The smallest absolute Gasteiger partial charge is 0.199 e. The third-order valence-corrected chi connectivity index (χ3v) is 3.52. The van der Waals surface area contributed by atoms with Crippen molar-refractivity contribution in [2.24, 2.45) is 0 Å². The van der Waals surface area contributed by atoms with Crippen molar-refractivity contribution in [3.63, 3.8) is 0 Å². The maximum atomic E-state index is 5.82. The summed E-state index contributed by atoms with van der Waals surface area (Å²) >= 11 is 0. The van der Waals surface area contributed by atoms with Gasteiger partial charge in [0.25, 0.3) is 0 Å². The molecule has 0 amide bonds. The van der Waals surface area contributed by atoms with Crippen LogP contribution in [0.15, 0.2) is 77.5 Å². The number of hydrogen-bond acceptors (Lipinski definition) is 2. The van der Waals surface area contributed by atoms with E-state index in [0.717, 1.165) is 22.7 Å². The summed E-state index contributed by atoms with van der Waals surface area (Å²) < 4.78 is 7.88. The Labute approximate surface area is 122 Å². The maximum Gasteiger partial charge on any atom is 0.199 e. The van der Waals surface area contributed by atoms with Gasteiger partial charge in [0.15, 0.2) is 11.5 Å². The Balaban J connectivity index is 1.70. The zero-order chi connectivity index (χ0) is 14.1. The lowest BCUT2D eigenvalue weighted by Gasteiger charge is -2.00. The van der Waals surface area contributed by atoms with Crippen molar-refractivity contribution in [1.82, 2.24) is 9.55 Å². The molecule has 4 rings (SSSR count). The van der Waals surface area contributed by atoms with E-state index in [1.54, 1.807) is 0 Å². The van der Waals surface area contributed by atoms with Gasteiger partial charge >= 0.3 is 0 Å². The van der Waals surface area contributed by atoms with E-state index in [2.05, 4.69) is 21.7 Å². The zero-order valence-corrected chi connectivity index (χ0v) is 11.4. The van der Waals surface area contributed by atoms with Gasteiger partial charge in [-0.2, -0.15) is 0 Å². The van der Waals surface area contributed by atoms with Crippen LogP contribution in [0, 0.1) is 0 Å². The molecule has 0 fully saturated rings. The van der Waals surface area contributed by atoms with E-state index < -0.39 is 0 Å². The molecule has 102 valence electrons. The molecule has 0 aliphatic heterocycles. The van der Waals surface area contributed by atoms with Gasteiger partial charge in [-0.05, 0) is 35.9 Å². The molecule has 0 N–H and O–H groups in total. The first-order valence-electron chi connectivity index (χ1n) is 6.95. The second-order valence-electron chi connectivity index (χ2n) is 5.01. The van der Waals surface area contributed by atoms with Crippen molar-refractivity contribution >= 4 is 11.1 Å². The number of hydrogen-bond donors (Lipinski definition) is 0. The van der Waals surface area contributed by atoms with E-state index in [1.807, 2.05) is 60.9 Å². The average molecular weight is 274 g/mol. The largest absolute Gasteiger partial charge is 0.440 e. The lowest BCUT2D eigenvalue weighted by Crippen LogP contribution is -1.88. The van der Waals surface area contributed by atoms with Crippen LogP contribution in [0.1, 0.15) is 11.5 Å². The van der Waals surface area contributed by atoms with E-state index in [-0.39, 0.29) is 0 Å². The van der Waals surface area contributed by atoms with Crippen LogP contribution < -0.4 is 0 Å². The monoisotopic (exact) mass is 274 g/mol. The third kappa shape index (κ3) is 2.34. The molecule has 2 aromatic carbocycles. The molecule has 0 bridgehead atoms. The number of oxazole rings is 1. The first-order valence-corrected chi connectivity index (χ1v) is 6.95. The molecule has 3 heteroatoms. The number of fused-ring (bicyclic) bond motifs is 1. The quantitative estimate of drug-likeness (QED) is 0.560. The van der Waals surface area contributed by atoms with Gasteiger partial charge in [-0.3, -0.25) is 0 Å². The van der Waals surface area contributed by atoms with E-state index in [0.29, 0.717) is 6.42 Å². The van der Waals surface area contributed by atoms with E-state index in [4.69, 9.17) is 4.42 Å². The highest BCUT2D eigenvalue weighted by Gasteiger charge is 2.07. The lowest BCUT2D eigenvalue weighted by atomic mass is 10.1. The highest BCUT2D eigenvalue weighted by Crippen LogP contribution is 2.21. The van der Waals surface area contributed by atoms with Crippen LogP contribution in [0.4, 0.5) is 0 Å². The van der Waals surface area contributed by atoms with E-state index in [1.165, 1.54) is 5.56 Å². The van der Waals surface area contributed by atoms with Gasteiger partial charge < -0.3 is 8.98 Å². The molecule has 0 spiro atoms. The van der Waals surface area contributed by atoms with Gasteiger partial charge in [-0.1, -0.05) is 30.3 Å². The lowest BCUT2D eigenvalue weighted by molar-refractivity contribution is 0.544. The van der Waals surface area contributed by atoms with Crippen LogP contribution in [0.5, 0.6) is 0 Å². The van der Waals surface area contributed by atoms with Crippen LogP contribution in [0.25, 0.3) is 16.8 Å². The SMILES string of the molecule is c1ccc(Cc2nc3cc(-n4cccc4)ccc3o2)cc1. The van der Waals surface area contributed by atoms with Crippen molar-refractivity contribution in [3.05, 3.63) is 84.5 Å². The first kappa shape index (κ1) is 12.0. The summed E-state index contributed by atoms with van der Waals surface area (Å²) in [7, 11) is 0. The predicted molar refractivity (Wildman–Crippen MR) is 82.6 cm³/mol. The van der Waals surface area contributed by atoms with Gasteiger partial charge in [0.05, 0.1) is 0 Å². The number of benzene rings is 2. The molecule has 4 aromatic rings. The second kappa shape index (κ2) is 4.94. The van der Waals surface area contributed by atoms with Gasteiger partial charge in [0.2, 0.25) is 0 Å². The third-order valence-electron chi connectivity index (χ3n) is 3.52. The molecule has 0 saturated carbocycles. The van der Waals surface area contributed by atoms with Gasteiger partial charge in [0.1, 0.15) is 5.52 Å². The molecule has 0 atom stereocenters. The molecule has 21 heavy (non-hydrogen) atoms. The molecule has 0 aliphatic rings. The fourth-order valence-electron chi connectivity index (χ4n) is 2.48. The fourth-order valence-corrected chi connectivity index (χ4v) is 2.48. The Morgan fingerprint density at radius 3 is 2.52 bits per heavy atom. The summed E-state index contributed by atoms with van der Waals surface area (Å²) in [5, 5.41) is 0. The second-order valence-corrected chi connectivity index (χ2v) is 5.01. The average Bonchev–Trinajstić information content (AvgIpc) is 3.16. The van der Waals surface area contributed by atoms with Crippen molar-refractivity contribution in [2.75, 3.05) is 0 Å². The molecule has 2 aromatic heterocycles. The van der Waals surface area contributed by atoms with Gasteiger partial charge in [0, 0.05) is 24.5 Å². The zero-order valence-electron chi connectivity index (χ0n) is 11.4. The number of aromatic nitrogens is 2. The molecule has 0 aliphatic carbocycles. The summed E-state index contributed by atoms with van der Waals surface area (Å²) in [4.78, 5) is 4.60. The fraction of sp³-hybridized carbons (Fsp3) is 0.0556. The Hall–Kier alpha value is -2.81. The van der Waals surface area contributed by atoms with Crippen LogP contribution in [0.3, 0.4) is 0 Å². The highest BCUT2D eigenvalue weighted by molar-refractivity contribution is 5.75. The Bertz CT molecular complexity index is 861. The van der Waals surface area contributed by atoms with E-state index in [9.17, 15) is 0 Å². The van der Waals surface area contributed by atoms with Crippen molar-refractivity contribution in [1.29, 1.82) is 0 Å². The van der Waals surface area contributed by atoms with Crippen LogP contribution in [-0.4, -0.2) is 9.55 Å². The normalized spacial score (nSPS) is 11.0. The van der Waals surface area contributed by atoms with Gasteiger partial charge in [-0.25, -0.2) is 4.98 Å². The molecule has 0 saturated heterocycles. The maximum absolute atomic E-state index is 5.82. The minimum Gasteiger partial charge on any atom is -0.440 e. The molecular formula is C18H14N2O. The van der Waals surface area contributed by atoms with Crippen molar-refractivity contribution < 1.29 is 4.42 Å². The summed E-state index contributed by atoms with van der Waals surface area (Å²) in [5.74, 6) is 0.751. The van der Waals surface area contributed by atoms with Crippen LogP contribution in [0.2, 0.25) is 0 Å². The Kier molecular flexibility index (Phi) is 2.82.